The molecule has 0 atom stereocenters. The Morgan fingerprint density at radius 1 is 0.344 bits per heavy atom. The predicted molar refractivity (Wildman–Crippen MR) is 260 cm³/mol. The van der Waals surface area contributed by atoms with E-state index in [1.165, 1.54) is 86.6 Å². The van der Waals surface area contributed by atoms with Crippen molar-refractivity contribution in [3.05, 3.63) is 259 Å². The van der Waals surface area contributed by atoms with Gasteiger partial charge in [0.2, 0.25) is 0 Å². The minimum atomic E-state index is -0.520. The summed E-state index contributed by atoms with van der Waals surface area (Å²) in [7, 11) is 0. The zero-order valence-electron chi connectivity index (χ0n) is 33.4. The highest BCUT2D eigenvalue weighted by atomic mass is 32.1. The van der Waals surface area contributed by atoms with Gasteiger partial charge >= 0.3 is 0 Å². The van der Waals surface area contributed by atoms with Gasteiger partial charge in [-0.15, -0.1) is 11.3 Å². The average molecular weight is 794 g/mol. The minimum absolute atomic E-state index is 0.520. The van der Waals surface area contributed by atoms with Crippen LogP contribution in [-0.2, 0) is 5.41 Å². The molecule has 11 aromatic rings. The average Bonchev–Trinajstić information content (AvgIpc) is 3.88. The summed E-state index contributed by atoms with van der Waals surface area (Å²) >= 11 is 1.91. The zero-order valence-corrected chi connectivity index (χ0v) is 34.2. The maximum Gasteiger partial charge on any atom is 0.0714 e. The Bertz CT molecular complexity index is 3350. The molecule has 0 amide bonds. The van der Waals surface area contributed by atoms with E-state index in [2.05, 4.69) is 241 Å². The van der Waals surface area contributed by atoms with E-state index < -0.39 is 5.41 Å². The Morgan fingerprint density at radius 2 is 0.902 bits per heavy atom. The molecule has 0 fully saturated rings. The monoisotopic (exact) mass is 793 g/mol. The Kier molecular flexibility index (Phi) is 8.33. The number of hydrogen-bond donors (Lipinski definition) is 0. The van der Waals surface area contributed by atoms with Crippen LogP contribution >= 0.6 is 11.3 Å². The summed E-state index contributed by atoms with van der Waals surface area (Å²) in [6.07, 6.45) is 0. The second-order valence-electron chi connectivity index (χ2n) is 16.0. The van der Waals surface area contributed by atoms with Gasteiger partial charge in [0.1, 0.15) is 0 Å². The van der Waals surface area contributed by atoms with E-state index >= 15 is 0 Å². The van der Waals surface area contributed by atoms with Gasteiger partial charge in [0.05, 0.1) is 11.1 Å². The summed E-state index contributed by atoms with van der Waals surface area (Å²) in [5.41, 5.74) is 15.4. The summed E-state index contributed by atoms with van der Waals surface area (Å²) < 4.78 is 2.60. The summed E-state index contributed by atoms with van der Waals surface area (Å²) in [5, 5.41) is 5.08. The van der Waals surface area contributed by atoms with Crippen molar-refractivity contribution in [3.8, 4) is 33.4 Å². The van der Waals surface area contributed by atoms with Crippen LogP contribution in [0.2, 0.25) is 0 Å². The molecule has 286 valence electrons. The van der Waals surface area contributed by atoms with Crippen LogP contribution in [0.1, 0.15) is 22.3 Å². The number of anilines is 3. The molecular formula is C59H39NS. The molecule has 0 radical (unpaired) electrons. The van der Waals surface area contributed by atoms with Gasteiger partial charge in [0.25, 0.3) is 0 Å². The lowest BCUT2D eigenvalue weighted by molar-refractivity contribution is 0.768. The first-order valence-electron chi connectivity index (χ1n) is 21.0. The second kappa shape index (κ2) is 14.3. The Balaban J connectivity index is 1.17. The molecule has 2 heteroatoms. The lowest BCUT2D eigenvalue weighted by atomic mass is 9.67. The Morgan fingerprint density at radius 3 is 1.62 bits per heavy atom. The third-order valence-electron chi connectivity index (χ3n) is 12.7. The van der Waals surface area contributed by atoms with Crippen molar-refractivity contribution in [3.63, 3.8) is 0 Å². The van der Waals surface area contributed by atoms with Gasteiger partial charge in [-0.3, -0.25) is 0 Å². The highest BCUT2D eigenvalue weighted by Crippen LogP contribution is 2.58. The fourth-order valence-electron chi connectivity index (χ4n) is 10.1. The molecule has 0 N–H and O–H groups in total. The number of benzene rings is 10. The molecule has 1 aliphatic rings. The van der Waals surface area contributed by atoms with Gasteiger partial charge in [-0.25, -0.2) is 0 Å². The summed E-state index contributed by atoms with van der Waals surface area (Å²) in [6, 6.07) is 87.3. The van der Waals surface area contributed by atoms with Crippen LogP contribution in [-0.4, -0.2) is 0 Å². The minimum Gasteiger partial charge on any atom is -0.310 e. The lowest BCUT2D eigenvalue weighted by Crippen LogP contribution is -2.28. The number of fused-ring (bicyclic) bond motifs is 8. The van der Waals surface area contributed by atoms with Gasteiger partial charge < -0.3 is 4.90 Å². The molecule has 1 nitrogen and oxygen atoms in total. The molecule has 0 bridgehead atoms. The van der Waals surface area contributed by atoms with Crippen LogP contribution in [0.3, 0.4) is 0 Å². The van der Waals surface area contributed by atoms with Crippen molar-refractivity contribution in [2.45, 2.75) is 5.41 Å². The summed E-state index contributed by atoms with van der Waals surface area (Å²) in [5.74, 6) is 0. The summed E-state index contributed by atoms with van der Waals surface area (Å²) in [6.45, 7) is 0. The van der Waals surface area contributed by atoms with Crippen LogP contribution < -0.4 is 4.90 Å². The molecule has 61 heavy (non-hydrogen) atoms. The van der Waals surface area contributed by atoms with Gasteiger partial charge in [0.15, 0.2) is 0 Å². The number of thiophene rings is 1. The van der Waals surface area contributed by atoms with Crippen LogP contribution in [0.15, 0.2) is 237 Å². The summed E-state index contributed by atoms with van der Waals surface area (Å²) in [4.78, 5) is 2.51. The van der Waals surface area contributed by atoms with E-state index in [1.54, 1.807) is 0 Å². The van der Waals surface area contributed by atoms with Crippen molar-refractivity contribution >= 4 is 59.3 Å². The maximum absolute atomic E-state index is 2.51. The highest BCUT2D eigenvalue weighted by Gasteiger charge is 2.46. The number of hydrogen-bond acceptors (Lipinski definition) is 2. The lowest BCUT2D eigenvalue weighted by Gasteiger charge is -2.35. The molecule has 0 unspecified atom stereocenters. The normalized spacial score (nSPS) is 12.7. The van der Waals surface area contributed by atoms with Gasteiger partial charge in [-0.2, -0.15) is 0 Å². The van der Waals surface area contributed by atoms with E-state index in [9.17, 15) is 0 Å². The SMILES string of the molecule is c1ccc(-c2ccc(N(c3ccc4c(c3)C(c3ccccc3)(c3ccccc3)c3ccccc3-4)c3ccc(-c4ccccc4)c4sc5c6ccccc6ccc5c34)cc2)cc1. The van der Waals surface area contributed by atoms with Crippen LogP contribution in [0.5, 0.6) is 0 Å². The number of nitrogens with zero attached hydrogens (tertiary/aromatic N) is 1. The Hall–Kier alpha value is -7.52. The third-order valence-corrected chi connectivity index (χ3v) is 14.0. The molecule has 0 saturated heterocycles. The zero-order chi connectivity index (χ0) is 40.3. The van der Waals surface area contributed by atoms with Crippen molar-refractivity contribution in [1.29, 1.82) is 0 Å². The predicted octanol–water partition coefficient (Wildman–Crippen LogP) is 16.4. The smallest absolute Gasteiger partial charge is 0.0714 e. The molecule has 1 aliphatic carbocycles. The topological polar surface area (TPSA) is 3.24 Å². The fourth-order valence-corrected chi connectivity index (χ4v) is 11.4. The van der Waals surface area contributed by atoms with Crippen molar-refractivity contribution in [1.82, 2.24) is 0 Å². The van der Waals surface area contributed by atoms with Gasteiger partial charge in [0, 0.05) is 31.5 Å². The largest absolute Gasteiger partial charge is 0.310 e. The van der Waals surface area contributed by atoms with Gasteiger partial charge in [-0.05, 0) is 96.7 Å². The molecule has 10 aromatic carbocycles. The van der Waals surface area contributed by atoms with E-state index in [0.29, 0.717) is 0 Å². The third kappa shape index (κ3) is 5.53. The molecule has 1 heterocycles. The van der Waals surface area contributed by atoms with E-state index in [-0.39, 0.29) is 0 Å². The van der Waals surface area contributed by atoms with Crippen LogP contribution in [0.4, 0.5) is 17.1 Å². The number of rotatable bonds is 7. The van der Waals surface area contributed by atoms with Crippen molar-refractivity contribution in [2.24, 2.45) is 0 Å². The molecular weight excluding hydrogens is 755 g/mol. The van der Waals surface area contributed by atoms with Crippen LogP contribution in [0.25, 0.3) is 64.3 Å². The fraction of sp³-hybridized carbons (Fsp3) is 0.0169. The van der Waals surface area contributed by atoms with Crippen molar-refractivity contribution in [2.75, 3.05) is 4.90 Å². The quantitative estimate of drug-likeness (QED) is 0.155. The van der Waals surface area contributed by atoms with E-state index in [0.717, 1.165) is 17.1 Å². The first-order valence-corrected chi connectivity index (χ1v) is 21.8. The first-order chi connectivity index (χ1) is 30.3. The standard InChI is InChI=1S/C59H39NS/c1-5-17-40(18-6-1)41-29-32-46(33-30-41)60(55-38-37-49(42-19-7-2-8-20-42)58-56(55)52-35-31-43-21-13-14-26-48(43)57(52)61-58)47-34-36-51-50-27-15-16-28-53(50)59(54(51)39-47,44-22-9-3-10-23-44)45-24-11-4-12-25-45/h1-39H. The molecule has 0 spiro atoms. The van der Waals surface area contributed by atoms with Crippen LogP contribution in [0, 0.1) is 0 Å². The Labute approximate surface area is 360 Å². The van der Waals surface area contributed by atoms with Crippen molar-refractivity contribution < 1.29 is 0 Å². The molecule has 0 aliphatic heterocycles. The van der Waals surface area contributed by atoms with E-state index in [1.807, 2.05) is 11.3 Å². The molecule has 1 aromatic heterocycles. The first kappa shape index (κ1) is 35.4. The second-order valence-corrected chi connectivity index (χ2v) is 17.0. The van der Waals surface area contributed by atoms with Gasteiger partial charge in [-0.1, -0.05) is 206 Å². The van der Waals surface area contributed by atoms with E-state index in [4.69, 9.17) is 0 Å². The molecule has 0 saturated carbocycles. The molecule has 12 rings (SSSR count). The highest BCUT2D eigenvalue weighted by molar-refractivity contribution is 7.27. The maximum atomic E-state index is 2.51.